The van der Waals surface area contributed by atoms with Gasteiger partial charge in [-0.25, -0.2) is 9.97 Å². The van der Waals surface area contributed by atoms with E-state index in [1.165, 1.54) is 6.33 Å². The van der Waals surface area contributed by atoms with E-state index in [1.807, 2.05) is 0 Å². The number of rotatable bonds is 2. The van der Waals surface area contributed by atoms with E-state index in [0.717, 1.165) is 5.39 Å². The summed E-state index contributed by atoms with van der Waals surface area (Å²) in [6.07, 6.45) is 3.08. The fraction of sp³-hybridized carbons (Fsp3) is 0.154. The molecule has 0 aliphatic rings. The molecule has 0 aliphatic heterocycles. The SMILES string of the molecule is Cc1c(O)cccc1Oc1ncnc2c1cnn2C. The van der Waals surface area contributed by atoms with Crippen molar-refractivity contribution in [3.8, 4) is 17.4 Å². The third kappa shape index (κ3) is 1.87. The first-order valence-corrected chi connectivity index (χ1v) is 5.76. The van der Waals surface area contributed by atoms with Crippen molar-refractivity contribution in [1.29, 1.82) is 0 Å². The van der Waals surface area contributed by atoms with Gasteiger partial charge in [0.1, 0.15) is 23.2 Å². The molecule has 0 aliphatic carbocycles. The highest BCUT2D eigenvalue weighted by Gasteiger charge is 2.11. The van der Waals surface area contributed by atoms with Gasteiger partial charge in [0, 0.05) is 12.6 Å². The average Bonchev–Trinajstić information content (AvgIpc) is 2.78. The van der Waals surface area contributed by atoms with E-state index in [2.05, 4.69) is 15.1 Å². The van der Waals surface area contributed by atoms with Crippen molar-refractivity contribution in [3.63, 3.8) is 0 Å². The monoisotopic (exact) mass is 256 g/mol. The van der Waals surface area contributed by atoms with Crippen LogP contribution in [0.3, 0.4) is 0 Å². The van der Waals surface area contributed by atoms with Gasteiger partial charge in [0.15, 0.2) is 5.65 Å². The lowest BCUT2D eigenvalue weighted by Gasteiger charge is -2.09. The van der Waals surface area contributed by atoms with Gasteiger partial charge in [0.05, 0.1) is 6.20 Å². The topological polar surface area (TPSA) is 73.1 Å². The first kappa shape index (κ1) is 11.5. The zero-order valence-electron chi connectivity index (χ0n) is 10.5. The van der Waals surface area contributed by atoms with Crippen LogP contribution in [0, 0.1) is 6.92 Å². The highest BCUT2D eigenvalue weighted by atomic mass is 16.5. The van der Waals surface area contributed by atoms with E-state index in [-0.39, 0.29) is 5.75 Å². The maximum atomic E-state index is 9.67. The van der Waals surface area contributed by atoms with Crippen LogP contribution in [-0.4, -0.2) is 24.9 Å². The molecule has 1 aromatic carbocycles. The number of nitrogens with zero attached hydrogens (tertiary/aromatic N) is 4. The molecule has 2 heterocycles. The maximum absolute atomic E-state index is 9.67. The average molecular weight is 256 g/mol. The summed E-state index contributed by atoms with van der Waals surface area (Å²) in [6.45, 7) is 1.78. The Morgan fingerprint density at radius 3 is 2.95 bits per heavy atom. The number of ether oxygens (including phenoxy) is 1. The normalized spacial score (nSPS) is 10.8. The van der Waals surface area contributed by atoms with Crippen LogP contribution in [-0.2, 0) is 7.05 Å². The van der Waals surface area contributed by atoms with Crippen molar-refractivity contribution in [2.45, 2.75) is 6.92 Å². The van der Waals surface area contributed by atoms with Crippen molar-refractivity contribution in [2.75, 3.05) is 0 Å². The Balaban J connectivity index is 2.08. The summed E-state index contributed by atoms with van der Waals surface area (Å²) in [7, 11) is 1.80. The Morgan fingerprint density at radius 2 is 2.11 bits per heavy atom. The molecule has 19 heavy (non-hydrogen) atoms. The third-order valence-electron chi connectivity index (χ3n) is 2.96. The van der Waals surface area contributed by atoms with E-state index in [4.69, 9.17) is 4.74 Å². The summed E-state index contributed by atoms with van der Waals surface area (Å²) in [5.41, 5.74) is 1.36. The minimum atomic E-state index is 0.189. The fourth-order valence-corrected chi connectivity index (χ4v) is 1.84. The number of hydrogen-bond acceptors (Lipinski definition) is 5. The largest absolute Gasteiger partial charge is 0.508 e. The number of hydrogen-bond donors (Lipinski definition) is 1. The second-order valence-corrected chi connectivity index (χ2v) is 4.19. The van der Waals surface area contributed by atoms with Gasteiger partial charge in [-0.2, -0.15) is 5.10 Å². The van der Waals surface area contributed by atoms with Gasteiger partial charge in [-0.1, -0.05) is 6.07 Å². The Morgan fingerprint density at radius 1 is 1.26 bits per heavy atom. The molecule has 0 fully saturated rings. The molecule has 96 valence electrons. The van der Waals surface area contributed by atoms with Crippen LogP contribution < -0.4 is 4.74 Å². The number of aryl methyl sites for hydroxylation is 1. The third-order valence-corrected chi connectivity index (χ3v) is 2.96. The van der Waals surface area contributed by atoms with Crippen molar-refractivity contribution < 1.29 is 9.84 Å². The standard InChI is InChI=1S/C13H12N4O2/c1-8-10(18)4-3-5-11(8)19-13-9-6-16-17(2)12(9)14-7-15-13/h3-7,18H,1-2H3. The summed E-state index contributed by atoms with van der Waals surface area (Å²) in [5.74, 6) is 1.17. The van der Waals surface area contributed by atoms with Gasteiger partial charge in [0.25, 0.3) is 0 Å². The number of aromatic nitrogens is 4. The molecular formula is C13H12N4O2. The minimum absolute atomic E-state index is 0.189. The van der Waals surface area contributed by atoms with Gasteiger partial charge < -0.3 is 9.84 Å². The Kier molecular flexibility index (Phi) is 2.56. The van der Waals surface area contributed by atoms with Crippen LogP contribution in [0.4, 0.5) is 0 Å². The van der Waals surface area contributed by atoms with E-state index in [1.54, 1.807) is 43.0 Å². The van der Waals surface area contributed by atoms with Gasteiger partial charge in [-0.15, -0.1) is 0 Å². The van der Waals surface area contributed by atoms with Crippen LogP contribution in [0.5, 0.6) is 17.4 Å². The van der Waals surface area contributed by atoms with Crippen LogP contribution in [0.25, 0.3) is 11.0 Å². The molecular weight excluding hydrogens is 244 g/mol. The van der Waals surface area contributed by atoms with Crippen LogP contribution >= 0.6 is 0 Å². The number of phenols is 1. The van der Waals surface area contributed by atoms with E-state index in [0.29, 0.717) is 22.8 Å². The zero-order chi connectivity index (χ0) is 13.4. The van der Waals surface area contributed by atoms with Gasteiger partial charge >= 0.3 is 0 Å². The summed E-state index contributed by atoms with van der Waals surface area (Å²) in [5, 5.41) is 14.5. The number of phenolic OH excluding ortho intramolecular Hbond substituents is 1. The number of aromatic hydroxyl groups is 1. The highest BCUT2D eigenvalue weighted by molar-refractivity contribution is 5.80. The molecule has 6 heteroatoms. The van der Waals surface area contributed by atoms with E-state index in [9.17, 15) is 5.11 Å². The second-order valence-electron chi connectivity index (χ2n) is 4.19. The van der Waals surface area contributed by atoms with E-state index < -0.39 is 0 Å². The molecule has 0 unspecified atom stereocenters. The molecule has 0 saturated heterocycles. The summed E-state index contributed by atoms with van der Waals surface area (Å²) >= 11 is 0. The molecule has 6 nitrogen and oxygen atoms in total. The van der Waals surface area contributed by atoms with Crippen molar-refractivity contribution in [3.05, 3.63) is 36.3 Å². The second kappa shape index (κ2) is 4.24. The lowest BCUT2D eigenvalue weighted by molar-refractivity contribution is 0.442. The zero-order valence-corrected chi connectivity index (χ0v) is 10.5. The van der Waals surface area contributed by atoms with Crippen LogP contribution in [0.15, 0.2) is 30.7 Å². The van der Waals surface area contributed by atoms with Crippen molar-refractivity contribution >= 4 is 11.0 Å². The molecule has 0 bridgehead atoms. The summed E-state index contributed by atoms with van der Waals surface area (Å²) in [4.78, 5) is 8.26. The maximum Gasteiger partial charge on any atom is 0.233 e. The van der Waals surface area contributed by atoms with Gasteiger partial charge in [-0.3, -0.25) is 4.68 Å². The lowest BCUT2D eigenvalue weighted by Crippen LogP contribution is -1.95. The molecule has 0 radical (unpaired) electrons. The summed E-state index contributed by atoms with van der Waals surface area (Å²) < 4.78 is 7.40. The first-order valence-electron chi connectivity index (χ1n) is 5.76. The predicted molar refractivity (Wildman–Crippen MR) is 69.2 cm³/mol. The first-order chi connectivity index (χ1) is 9.16. The number of fused-ring (bicyclic) bond motifs is 1. The van der Waals surface area contributed by atoms with E-state index >= 15 is 0 Å². The number of benzene rings is 1. The molecule has 0 atom stereocenters. The van der Waals surface area contributed by atoms with Gasteiger partial charge in [0.2, 0.25) is 5.88 Å². The molecule has 3 aromatic rings. The van der Waals surface area contributed by atoms with Crippen molar-refractivity contribution in [2.24, 2.45) is 7.05 Å². The molecule has 1 N–H and O–H groups in total. The smallest absolute Gasteiger partial charge is 0.233 e. The highest BCUT2D eigenvalue weighted by Crippen LogP contribution is 2.31. The fourth-order valence-electron chi connectivity index (χ4n) is 1.84. The molecule has 3 rings (SSSR count). The Hall–Kier alpha value is -2.63. The Labute approximate surface area is 109 Å². The van der Waals surface area contributed by atoms with Gasteiger partial charge in [-0.05, 0) is 19.1 Å². The minimum Gasteiger partial charge on any atom is -0.508 e. The summed E-state index contributed by atoms with van der Waals surface area (Å²) in [6, 6.07) is 5.11. The molecule has 0 amide bonds. The Bertz CT molecular complexity index is 751. The predicted octanol–water partition coefficient (Wildman–Crippen LogP) is 2.17. The molecule has 0 saturated carbocycles. The van der Waals surface area contributed by atoms with Crippen LogP contribution in [0.2, 0.25) is 0 Å². The van der Waals surface area contributed by atoms with Crippen LogP contribution in [0.1, 0.15) is 5.56 Å². The van der Waals surface area contributed by atoms with Crippen molar-refractivity contribution in [1.82, 2.24) is 19.7 Å². The lowest BCUT2D eigenvalue weighted by atomic mass is 10.2. The quantitative estimate of drug-likeness (QED) is 0.760. The molecule has 0 spiro atoms. The molecule has 2 aromatic heterocycles.